The number of hydrogen-bond acceptors (Lipinski definition) is 10. The van der Waals surface area contributed by atoms with Crippen LogP contribution in [0, 0.1) is 0 Å². The molecule has 4 aromatic rings. The van der Waals surface area contributed by atoms with Crippen molar-refractivity contribution in [1.29, 1.82) is 0 Å². The molecule has 16 heteroatoms. The molecular weight excluding hydrogens is 484 g/mol. The highest BCUT2D eigenvalue weighted by molar-refractivity contribution is 7.92. The van der Waals surface area contributed by atoms with Crippen LogP contribution in [-0.4, -0.2) is 71.6 Å². The van der Waals surface area contributed by atoms with Crippen molar-refractivity contribution in [3.63, 3.8) is 0 Å². The Morgan fingerprint density at radius 2 is 1.94 bits per heavy atom. The number of rotatable bonds is 6. The van der Waals surface area contributed by atoms with Gasteiger partial charge >= 0.3 is 0 Å². The van der Waals surface area contributed by atoms with Gasteiger partial charge in [0.25, 0.3) is 0 Å². The van der Waals surface area contributed by atoms with Gasteiger partial charge in [-0.15, -0.1) is 15.3 Å². The molecule has 0 amide bonds. The van der Waals surface area contributed by atoms with Crippen LogP contribution in [0.2, 0.25) is 0 Å². The number of aryl methyl sites for hydroxylation is 1. The molecule has 0 bridgehead atoms. The fourth-order valence-electron chi connectivity index (χ4n) is 4.08. The molecule has 0 saturated carbocycles. The van der Waals surface area contributed by atoms with Gasteiger partial charge < -0.3 is 5.32 Å². The zero-order valence-corrected chi connectivity index (χ0v) is 19.4. The van der Waals surface area contributed by atoms with Crippen LogP contribution in [0.4, 0.5) is 0 Å². The first kappa shape index (κ1) is 22.5. The quantitative estimate of drug-likeness (QED) is 0.255. The van der Waals surface area contributed by atoms with Crippen LogP contribution in [0.5, 0.6) is 0 Å². The molecule has 14 nitrogen and oxygen atoms in total. The largest absolute Gasteiger partial charge is 0.315 e. The van der Waals surface area contributed by atoms with Crippen LogP contribution in [0.3, 0.4) is 0 Å². The summed E-state index contributed by atoms with van der Waals surface area (Å²) in [5.74, 6) is -0.139. The van der Waals surface area contributed by atoms with Crippen molar-refractivity contribution in [3.8, 4) is 22.5 Å². The molecule has 1 unspecified atom stereocenters. The average molecular weight is 505 g/mol. The second kappa shape index (κ2) is 8.17. The Morgan fingerprint density at radius 3 is 2.62 bits per heavy atom. The number of sulfonamides is 2. The van der Waals surface area contributed by atoms with Gasteiger partial charge in [0.2, 0.25) is 25.9 Å². The molecule has 1 atom stereocenters. The van der Waals surface area contributed by atoms with E-state index in [-0.39, 0.29) is 17.4 Å². The summed E-state index contributed by atoms with van der Waals surface area (Å²) in [5, 5.41) is 30.5. The fraction of sp³-hybridized carbons (Fsp3) is 0.278. The summed E-state index contributed by atoms with van der Waals surface area (Å²) >= 11 is 0. The third-order valence-electron chi connectivity index (χ3n) is 5.58. The fourth-order valence-corrected chi connectivity index (χ4v) is 6.96. The SMILES string of the molecule is Cn1nnc2c(-c3ccc(S(=O)(=O)NC4CCNC4)c(S(N)(=O)=O)c3-c3nn[nH]n3)cccc21. The highest BCUT2D eigenvalue weighted by Gasteiger charge is 2.34. The van der Waals surface area contributed by atoms with Gasteiger partial charge in [0.05, 0.1) is 11.1 Å². The van der Waals surface area contributed by atoms with E-state index in [9.17, 15) is 16.8 Å². The van der Waals surface area contributed by atoms with Gasteiger partial charge in [0.1, 0.15) is 15.3 Å². The van der Waals surface area contributed by atoms with Gasteiger partial charge in [-0.05, 0) is 35.9 Å². The molecule has 1 aliphatic rings. The Balaban J connectivity index is 1.83. The third kappa shape index (κ3) is 3.84. The van der Waals surface area contributed by atoms with Gasteiger partial charge in [-0.1, -0.05) is 23.4 Å². The topological polar surface area (TPSA) is 204 Å². The minimum absolute atomic E-state index is 0.109. The minimum atomic E-state index is -4.58. The summed E-state index contributed by atoms with van der Waals surface area (Å²) in [7, 11) is -7.14. The zero-order chi connectivity index (χ0) is 24.1. The summed E-state index contributed by atoms with van der Waals surface area (Å²) < 4.78 is 56.4. The van der Waals surface area contributed by atoms with E-state index >= 15 is 0 Å². The number of nitrogens with one attached hydrogen (secondary N) is 3. The Labute approximate surface area is 194 Å². The van der Waals surface area contributed by atoms with E-state index < -0.39 is 29.8 Å². The van der Waals surface area contributed by atoms with E-state index in [1.807, 2.05) is 0 Å². The number of nitrogens with zero attached hydrogens (tertiary/aromatic N) is 6. The number of primary sulfonamides is 1. The highest BCUT2D eigenvalue weighted by atomic mass is 32.2. The Bertz CT molecular complexity index is 1590. The van der Waals surface area contributed by atoms with E-state index in [1.54, 1.807) is 29.9 Å². The van der Waals surface area contributed by atoms with Crippen LogP contribution in [-0.2, 0) is 27.1 Å². The Hall–Kier alpha value is -3.31. The summed E-state index contributed by atoms with van der Waals surface area (Å²) in [6.45, 7) is 1.07. The molecule has 1 aliphatic heterocycles. The number of tetrazole rings is 1. The van der Waals surface area contributed by atoms with Crippen LogP contribution in [0.1, 0.15) is 6.42 Å². The lowest BCUT2D eigenvalue weighted by Gasteiger charge is -2.18. The molecule has 2 aromatic carbocycles. The molecule has 5 rings (SSSR count). The molecule has 5 N–H and O–H groups in total. The lowest BCUT2D eigenvalue weighted by atomic mass is 9.98. The van der Waals surface area contributed by atoms with Crippen LogP contribution >= 0.6 is 0 Å². The second-order valence-corrected chi connectivity index (χ2v) is 11.0. The van der Waals surface area contributed by atoms with Crippen molar-refractivity contribution in [2.24, 2.45) is 12.2 Å². The van der Waals surface area contributed by atoms with E-state index in [0.29, 0.717) is 41.7 Å². The number of nitrogens with two attached hydrogens (primary N) is 1. The average Bonchev–Trinajstić information content (AvgIpc) is 3.55. The lowest BCUT2D eigenvalue weighted by Crippen LogP contribution is -2.37. The van der Waals surface area contributed by atoms with Crippen LogP contribution < -0.4 is 15.2 Å². The standard InChI is InChI=1S/C18H20N10O4S2/c1-28-13-4-2-3-12(16(13)21-27-28)11-5-6-14(34(31,32)24-10-7-8-20-9-10)17(33(19,29)30)15(11)18-22-25-26-23-18/h2-6,10,20,24H,7-9H2,1H3,(H2,19,29,30)(H,22,23,25,26). The van der Waals surface area contributed by atoms with Gasteiger partial charge in [0.15, 0.2) is 0 Å². The van der Waals surface area contributed by atoms with Gasteiger partial charge in [-0.2, -0.15) is 5.21 Å². The van der Waals surface area contributed by atoms with Crippen molar-refractivity contribution in [3.05, 3.63) is 30.3 Å². The molecule has 1 fully saturated rings. The number of aromatic nitrogens is 7. The van der Waals surface area contributed by atoms with Crippen molar-refractivity contribution < 1.29 is 16.8 Å². The van der Waals surface area contributed by atoms with Crippen molar-refractivity contribution in [2.75, 3.05) is 13.1 Å². The maximum absolute atomic E-state index is 13.3. The predicted molar refractivity (Wildman–Crippen MR) is 120 cm³/mol. The predicted octanol–water partition coefficient (Wildman–Crippen LogP) is -0.897. The molecule has 0 radical (unpaired) electrons. The Morgan fingerprint density at radius 1 is 1.12 bits per heavy atom. The Kier molecular flexibility index (Phi) is 5.40. The number of H-pyrrole nitrogens is 1. The molecule has 178 valence electrons. The van der Waals surface area contributed by atoms with Crippen molar-refractivity contribution in [2.45, 2.75) is 22.3 Å². The summed E-state index contributed by atoms with van der Waals surface area (Å²) in [4.78, 5) is -1.14. The molecule has 34 heavy (non-hydrogen) atoms. The van der Waals surface area contributed by atoms with Crippen molar-refractivity contribution >= 4 is 31.1 Å². The maximum atomic E-state index is 13.3. The number of benzene rings is 2. The first-order chi connectivity index (χ1) is 16.2. The van der Waals surface area contributed by atoms with Gasteiger partial charge in [0, 0.05) is 25.2 Å². The number of hydrogen-bond donors (Lipinski definition) is 4. The van der Waals surface area contributed by atoms with Crippen molar-refractivity contribution in [1.82, 2.24) is 45.7 Å². The molecule has 0 spiro atoms. The monoisotopic (exact) mass is 504 g/mol. The van der Waals surface area contributed by atoms with Crippen LogP contribution in [0.15, 0.2) is 40.1 Å². The van der Waals surface area contributed by atoms with E-state index in [2.05, 4.69) is 41.0 Å². The van der Waals surface area contributed by atoms with E-state index in [0.717, 1.165) is 0 Å². The lowest BCUT2D eigenvalue weighted by molar-refractivity contribution is 0.555. The third-order valence-corrected chi connectivity index (χ3v) is 8.26. The molecule has 2 aromatic heterocycles. The van der Waals surface area contributed by atoms with E-state index in [4.69, 9.17) is 5.14 Å². The normalized spacial score (nSPS) is 16.9. The number of fused-ring (bicyclic) bond motifs is 1. The molecule has 1 saturated heterocycles. The molecule has 3 heterocycles. The van der Waals surface area contributed by atoms with Crippen LogP contribution in [0.25, 0.3) is 33.5 Å². The van der Waals surface area contributed by atoms with E-state index in [1.165, 1.54) is 12.1 Å². The minimum Gasteiger partial charge on any atom is -0.315 e. The first-order valence-corrected chi connectivity index (χ1v) is 13.2. The first-order valence-electron chi connectivity index (χ1n) is 10.1. The molecular formula is C18H20N10O4S2. The smallest absolute Gasteiger partial charge is 0.242 e. The highest BCUT2D eigenvalue weighted by Crippen LogP contribution is 2.40. The summed E-state index contributed by atoms with van der Waals surface area (Å²) in [6.07, 6.45) is 0.564. The van der Waals surface area contributed by atoms with Gasteiger partial charge in [-0.3, -0.25) is 0 Å². The van der Waals surface area contributed by atoms with Gasteiger partial charge in [-0.25, -0.2) is 31.4 Å². The number of aromatic amines is 1. The molecule has 0 aliphatic carbocycles. The zero-order valence-electron chi connectivity index (χ0n) is 17.8. The maximum Gasteiger partial charge on any atom is 0.242 e. The second-order valence-electron chi connectivity index (χ2n) is 7.79. The summed E-state index contributed by atoms with van der Waals surface area (Å²) in [6, 6.07) is 7.55. The summed E-state index contributed by atoms with van der Waals surface area (Å²) in [5.41, 5.74) is 1.84.